The van der Waals surface area contributed by atoms with Gasteiger partial charge >= 0.3 is 0 Å². The van der Waals surface area contributed by atoms with Gasteiger partial charge in [0.2, 0.25) is 0 Å². The summed E-state index contributed by atoms with van der Waals surface area (Å²) in [5, 5.41) is 4.44. The Labute approximate surface area is 222 Å². The first kappa shape index (κ1) is 26.7. The zero-order chi connectivity index (χ0) is 27.4. The second-order valence-corrected chi connectivity index (χ2v) is 9.16. The van der Waals surface area contributed by atoms with Crippen LogP contribution in [0.3, 0.4) is 0 Å². The van der Waals surface area contributed by atoms with Crippen molar-refractivity contribution in [3.63, 3.8) is 0 Å². The lowest BCUT2D eigenvalue weighted by atomic mass is 10.1. The molecule has 4 aromatic rings. The number of methoxy groups -OCH3 is 1. The number of benzene rings is 1. The molecule has 3 aromatic heterocycles. The van der Waals surface area contributed by atoms with Gasteiger partial charge in [0, 0.05) is 46.4 Å². The van der Waals surface area contributed by atoms with Gasteiger partial charge in [-0.05, 0) is 26.2 Å². The number of nitrogens with zero attached hydrogens (tertiary/aromatic N) is 9. The van der Waals surface area contributed by atoms with Crippen LogP contribution in [0.15, 0.2) is 49.2 Å². The third-order valence-corrected chi connectivity index (χ3v) is 6.11. The highest BCUT2D eigenvalue weighted by molar-refractivity contribution is 6.02. The Hall–Kier alpha value is -4.38. The van der Waals surface area contributed by atoms with Crippen LogP contribution in [0, 0.1) is 0 Å². The van der Waals surface area contributed by atoms with Crippen LogP contribution in [0.5, 0.6) is 5.75 Å². The van der Waals surface area contributed by atoms with Gasteiger partial charge in [-0.15, -0.1) is 0 Å². The quantitative estimate of drug-likeness (QED) is 0.289. The maximum atomic E-state index is 12.9. The van der Waals surface area contributed by atoms with Gasteiger partial charge in [0.05, 0.1) is 47.7 Å². The van der Waals surface area contributed by atoms with Crippen molar-refractivity contribution in [3.05, 3.63) is 60.4 Å². The number of hydrogen-bond donors (Lipinski definition) is 0. The van der Waals surface area contributed by atoms with E-state index in [1.807, 2.05) is 81.1 Å². The van der Waals surface area contributed by atoms with E-state index in [0.717, 1.165) is 16.9 Å². The molecule has 4 rings (SSSR count). The zero-order valence-corrected chi connectivity index (χ0v) is 22.9. The van der Waals surface area contributed by atoms with Crippen molar-refractivity contribution in [1.82, 2.24) is 34.6 Å². The number of anilines is 4. The first-order valence-electron chi connectivity index (χ1n) is 12.2. The van der Waals surface area contributed by atoms with E-state index in [9.17, 15) is 4.79 Å². The highest BCUT2D eigenvalue weighted by Crippen LogP contribution is 2.41. The minimum absolute atomic E-state index is 0.0112. The fourth-order valence-corrected chi connectivity index (χ4v) is 4.12. The summed E-state index contributed by atoms with van der Waals surface area (Å²) in [5.74, 6) is 2.41. The number of carbonyl (C=O) groups is 1. The number of aryl methyl sites for hydroxylation is 1. The summed E-state index contributed by atoms with van der Waals surface area (Å²) < 4.78 is 7.47. The van der Waals surface area contributed by atoms with Gasteiger partial charge < -0.3 is 19.4 Å². The second-order valence-electron chi connectivity index (χ2n) is 9.16. The molecule has 38 heavy (non-hydrogen) atoms. The molecule has 0 aliphatic heterocycles. The molecule has 0 radical (unpaired) electrons. The Morgan fingerprint density at radius 2 is 1.71 bits per heavy atom. The molecule has 198 valence electrons. The molecule has 3 heterocycles. The number of ether oxygens (including phenoxy) is 1. The molecule has 11 nitrogen and oxygen atoms in total. The summed E-state index contributed by atoms with van der Waals surface area (Å²) in [7, 11) is 11.2. The van der Waals surface area contributed by atoms with Crippen molar-refractivity contribution in [2.45, 2.75) is 19.9 Å². The molecule has 11 heteroatoms. The maximum absolute atomic E-state index is 12.9. The monoisotopic (exact) mass is 515 g/mol. The van der Waals surface area contributed by atoms with Crippen molar-refractivity contribution in [1.29, 1.82) is 0 Å². The van der Waals surface area contributed by atoms with Gasteiger partial charge in [-0.25, -0.2) is 15.0 Å². The van der Waals surface area contributed by atoms with E-state index in [0.29, 0.717) is 47.4 Å². The molecule has 0 spiro atoms. The van der Waals surface area contributed by atoms with Gasteiger partial charge in [-0.3, -0.25) is 14.5 Å². The lowest BCUT2D eigenvalue weighted by Gasteiger charge is -2.26. The van der Waals surface area contributed by atoms with Crippen molar-refractivity contribution >= 4 is 28.8 Å². The molecule has 0 fully saturated rings. The Kier molecular flexibility index (Phi) is 7.96. The first-order valence-corrected chi connectivity index (χ1v) is 12.2. The van der Waals surface area contributed by atoms with Crippen LogP contribution in [0.25, 0.3) is 11.4 Å². The van der Waals surface area contributed by atoms with Crippen molar-refractivity contribution in [3.8, 4) is 17.1 Å². The minimum atomic E-state index is -0.0112. The summed E-state index contributed by atoms with van der Waals surface area (Å²) >= 11 is 0. The van der Waals surface area contributed by atoms with Crippen LogP contribution in [0.2, 0.25) is 0 Å². The molecule has 0 N–H and O–H groups in total. The third kappa shape index (κ3) is 5.47. The maximum Gasteiger partial charge on any atom is 0.184 e. The number of rotatable bonds is 10. The fraction of sp³-hybridized carbons (Fsp3) is 0.333. The average Bonchev–Trinajstić information content (AvgIpc) is 3.37. The molecule has 0 saturated carbocycles. The summed E-state index contributed by atoms with van der Waals surface area (Å²) in [6, 6.07) is 7.64. The Bertz CT molecular complexity index is 1420. The number of carbonyl (C=O) groups excluding carboxylic acids is 1. The lowest BCUT2D eigenvalue weighted by Crippen LogP contribution is -2.19. The molecule has 0 aliphatic rings. The topological polar surface area (TPSA) is 105 Å². The standard InChI is InChI=1S/C27H33N9O2/c1-8-23(37)20-14-30-24(36(6)25-15-28-18(13-29-25)16-33(2)3)12-22(20)35(5)21-11-9-10-19(26(21)38-7)27-31-17-34(4)32-27/h9-15,17H,8,16H2,1-7H3. The van der Waals surface area contributed by atoms with E-state index in [-0.39, 0.29) is 5.78 Å². The summed E-state index contributed by atoms with van der Waals surface area (Å²) in [6.45, 7) is 2.54. The van der Waals surface area contributed by atoms with E-state index in [1.165, 1.54) is 0 Å². The van der Waals surface area contributed by atoms with Crippen molar-refractivity contribution < 1.29 is 9.53 Å². The number of Topliss-reactive ketones (excluding diaryl/α,β-unsaturated/α-hetero) is 1. The molecule has 0 atom stereocenters. The van der Waals surface area contributed by atoms with Crippen molar-refractivity contribution in [2.75, 3.05) is 45.1 Å². The predicted octanol–water partition coefficient (Wildman–Crippen LogP) is 3.87. The molecule has 0 unspecified atom stereocenters. The smallest absolute Gasteiger partial charge is 0.184 e. The van der Waals surface area contributed by atoms with Crippen LogP contribution in [0.1, 0.15) is 29.4 Å². The summed E-state index contributed by atoms with van der Waals surface area (Å²) in [5.41, 5.74) is 3.59. The molecule has 0 aliphatic carbocycles. The molecule has 1 aromatic carbocycles. The summed E-state index contributed by atoms with van der Waals surface area (Å²) in [6.07, 6.45) is 7.10. The molecule has 0 amide bonds. The SMILES string of the molecule is CCC(=O)c1cnc(N(C)c2cnc(CN(C)C)cn2)cc1N(C)c1cccc(-c2ncn(C)n2)c1OC. The number of pyridine rings is 1. The highest BCUT2D eigenvalue weighted by atomic mass is 16.5. The number of para-hydroxylation sites is 1. The third-order valence-electron chi connectivity index (χ3n) is 6.11. The van der Waals surface area contributed by atoms with Gasteiger partial charge in [-0.1, -0.05) is 13.0 Å². The highest BCUT2D eigenvalue weighted by Gasteiger charge is 2.22. The molecule has 0 saturated heterocycles. The predicted molar refractivity (Wildman–Crippen MR) is 147 cm³/mol. The van der Waals surface area contributed by atoms with E-state index in [2.05, 4.69) is 25.0 Å². The zero-order valence-electron chi connectivity index (χ0n) is 22.9. The van der Waals surface area contributed by atoms with Crippen LogP contribution in [-0.2, 0) is 13.6 Å². The van der Waals surface area contributed by atoms with Crippen LogP contribution < -0.4 is 14.5 Å². The minimum Gasteiger partial charge on any atom is -0.494 e. The van der Waals surface area contributed by atoms with E-state index in [1.54, 1.807) is 36.7 Å². The second kappa shape index (κ2) is 11.3. The number of aromatic nitrogens is 6. The van der Waals surface area contributed by atoms with Gasteiger partial charge in [0.25, 0.3) is 0 Å². The first-order chi connectivity index (χ1) is 18.2. The van der Waals surface area contributed by atoms with Gasteiger partial charge in [0.1, 0.15) is 12.1 Å². The molecular weight excluding hydrogens is 482 g/mol. The fourth-order valence-electron chi connectivity index (χ4n) is 4.12. The van der Waals surface area contributed by atoms with E-state index < -0.39 is 0 Å². The van der Waals surface area contributed by atoms with Crippen molar-refractivity contribution in [2.24, 2.45) is 7.05 Å². The normalized spacial score (nSPS) is 11.1. The summed E-state index contributed by atoms with van der Waals surface area (Å²) in [4.78, 5) is 36.8. The van der Waals surface area contributed by atoms with E-state index >= 15 is 0 Å². The van der Waals surface area contributed by atoms with Gasteiger partial charge in [-0.2, -0.15) is 5.10 Å². The van der Waals surface area contributed by atoms with E-state index in [4.69, 9.17) is 4.74 Å². The van der Waals surface area contributed by atoms with Crippen LogP contribution >= 0.6 is 0 Å². The molecule has 0 bridgehead atoms. The lowest BCUT2D eigenvalue weighted by molar-refractivity contribution is 0.0988. The van der Waals surface area contributed by atoms with Crippen LogP contribution in [-0.4, -0.2) is 75.7 Å². The number of ketones is 1. The number of hydrogen-bond acceptors (Lipinski definition) is 10. The Morgan fingerprint density at radius 1 is 0.947 bits per heavy atom. The van der Waals surface area contributed by atoms with Gasteiger partial charge in [0.15, 0.2) is 23.2 Å². The average molecular weight is 516 g/mol. The van der Waals surface area contributed by atoms with Crippen LogP contribution in [0.4, 0.5) is 23.0 Å². The Morgan fingerprint density at radius 3 is 2.32 bits per heavy atom. The Balaban J connectivity index is 1.76. The molecular formula is C27H33N9O2. The largest absolute Gasteiger partial charge is 0.494 e.